The third kappa shape index (κ3) is 2.91. The first-order chi connectivity index (χ1) is 11.3. The molecule has 5 nitrogen and oxygen atoms in total. The molecule has 0 atom stereocenters. The second-order valence-corrected chi connectivity index (χ2v) is 6.27. The number of aromatic nitrogens is 4. The van der Waals surface area contributed by atoms with Crippen molar-refractivity contribution in [2.45, 2.75) is 6.54 Å². The van der Waals surface area contributed by atoms with Crippen molar-refractivity contribution >= 4 is 22.9 Å². The number of nitrogens with zero attached hydrogens (tertiary/aromatic N) is 4. The van der Waals surface area contributed by atoms with Crippen LogP contribution in [-0.4, -0.2) is 19.9 Å². The maximum Gasteiger partial charge on any atom is 0.261 e. The normalized spacial score (nSPS) is 11.0. The Kier molecular flexibility index (Phi) is 3.69. The highest BCUT2D eigenvalue weighted by Crippen LogP contribution is 2.25. The molecule has 3 aromatic heterocycles. The fourth-order valence-electron chi connectivity index (χ4n) is 2.21. The molecule has 0 aliphatic carbocycles. The fraction of sp³-hybridized carbons (Fsp3) is 0.0625. The van der Waals surface area contributed by atoms with Gasteiger partial charge in [0.15, 0.2) is 0 Å². The lowest BCUT2D eigenvalue weighted by Crippen LogP contribution is -2.00. The van der Waals surface area contributed by atoms with Gasteiger partial charge in [0.2, 0.25) is 5.82 Å². The first-order valence-electron chi connectivity index (χ1n) is 6.93. The molecular weight excluding hydrogens is 332 g/mol. The number of hydrogen-bond donors (Lipinski definition) is 0. The van der Waals surface area contributed by atoms with Crippen LogP contribution in [0.15, 0.2) is 58.7 Å². The minimum Gasteiger partial charge on any atom is -0.333 e. The van der Waals surface area contributed by atoms with Gasteiger partial charge in [-0.1, -0.05) is 41.0 Å². The van der Waals surface area contributed by atoms with E-state index in [0.717, 1.165) is 21.0 Å². The molecule has 114 valence electrons. The monoisotopic (exact) mass is 342 g/mol. The van der Waals surface area contributed by atoms with E-state index in [1.165, 1.54) is 0 Å². The van der Waals surface area contributed by atoms with E-state index in [9.17, 15) is 0 Å². The van der Waals surface area contributed by atoms with Crippen LogP contribution in [0.25, 0.3) is 22.2 Å². The zero-order chi connectivity index (χ0) is 15.6. The topological polar surface area (TPSA) is 56.7 Å². The summed E-state index contributed by atoms with van der Waals surface area (Å²) in [6.07, 6.45) is 3.58. The molecule has 0 bridgehead atoms. The van der Waals surface area contributed by atoms with Crippen LogP contribution in [0.4, 0.5) is 0 Å². The standard InChI is InChI=1S/C16H11ClN4OS/c17-13-5-2-1-4-11(13)9-21-10-12(8-18-21)16-19-15(20-22-16)14-6-3-7-23-14/h1-8,10H,9H2. The third-order valence-corrected chi connectivity index (χ3v) is 4.57. The van der Waals surface area contributed by atoms with Crippen molar-refractivity contribution in [2.24, 2.45) is 0 Å². The third-order valence-electron chi connectivity index (χ3n) is 3.34. The van der Waals surface area contributed by atoms with Gasteiger partial charge in [0.1, 0.15) is 0 Å². The fourth-order valence-corrected chi connectivity index (χ4v) is 3.05. The van der Waals surface area contributed by atoms with Crippen LogP contribution in [0.5, 0.6) is 0 Å². The van der Waals surface area contributed by atoms with E-state index in [1.807, 2.05) is 48.0 Å². The van der Waals surface area contributed by atoms with Gasteiger partial charge in [-0.3, -0.25) is 4.68 Å². The Morgan fingerprint density at radius 2 is 2.09 bits per heavy atom. The van der Waals surface area contributed by atoms with Crippen LogP contribution >= 0.6 is 22.9 Å². The largest absolute Gasteiger partial charge is 0.333 e. The summed E-state index contributed by atoms with van der Waals surface area (Å²) in [6, 6.07) is 11.6. The summed E-state index contributed by atoms with van der Waals surface area (Å²) in [4.78, 5) is 5.39. The molecule has 0 aliphatic heterocycles. The molecule has 3 heterocycles. The number of thiophene rings is 1. The maximum absolute atomic E-state index is 6.18. The summed E-state index contributed by atoms with van der Waals surface area (Å²) in [6.45, 7) is 0.589. The van der Waals surface area contributed by atoms with E-state index in [0.29, 0.717) is 18.3 Å². The lowest BCUT2D eigenvalue weighted by atomic mass is 10.2. The maximum atomic E-state index is 6.18. The first-order valence-corrected chi connectivity index (χ1v) is 8.19. The Bertz CT molecular complexity index is 929. The molecule has 0 spiro atoms. The number of halogens is 1. The highest BCUT2D eigenvalue weighted by molar-refractivity contribution is 7.13. The molecule has 7 heteroatoms. The average molecular weight is 343 g/mol. The Hall–Kier alpha value is -2.44. The Morgan fingerprint density at radius 3 is 2.91 bits per heavy atom. The highest BCUT2D eigenvalue weighted by atomic mass is 35.5. The summed E-state index contributed by atoms with van der Waals surface area (Å²) in [5.74, 6) is 1.05. The predicted octanol–water partition coefficient (Wildman–Crippen LogP) is 4.36. The van der Waals surface area contributed by atoms with Crippen LogP contribution < -0.4 is 0 Å². The van der Waals surface area contributed by atoms with Crippen molar-refractivity contribution in [1.29, 1.82) is 0 Å². The van der Waals surface area contributed by atoms with Crippen LogP contribution in [0.2, 0.25) is 5.02 Å². The Labute approximate surface area is 141 Å². The molecule has 0 saturated heterocycles. The summed E-state index contributed by atoms with van der Waals surface area (Å²) >= 11 is 7.75. The highest BCUT2D eigenvalue weighted by Gasteiger charge is 2.13. The molecule has 0 amide bonds. The summed E-state index contributed by atoms with van der Waals surface area (Å²) in [5, 5.41) is 11.0. The summed E-state index contributed by atoms with van der Waals surface area (Å²) in [7, 11) is 0. The molecule has 0 fully saturated rings. The second kappa shape index (κ2) is 5.98. The number of benzene rings is 1. The Morgan fingerprint density at radius 1 is 1.17 bits per heavy atom. The Balaban J connectivity index is 1.57. The van der Waals surface area contributed by atoms with Crippen molar-refractivity contribution in [1.82, 2.24) is 19.9 Å². The van der Waals surface area contributed by atoms with E-state index in [2.05, 4.69) is 15.2 Å². The van der Waals surface area contributed by atoms with Gasteiger partial charge in [-0.2, -0.15) is 10.1 Å². The van der Waals surface area contributed by atoms with Gasteiger partial charge in [0, 0.05) is 11.2 Å². The number of hydrogen-bond acceptors (Lipinski definition) is 5. The van der Waals surface area contributed by atoms with Gasteiger partial charge in [-0.25, -0.2) is 0 Å². The van der Waals surface area contributed by atoms with Gasteiger partial charge < -0.3 is 4.52 Å². The van der Waals surface area contributed by atoms with E-state index >= 15 is 0 Å². The summed E-state index contributed by atoms with van der Waals surface area (Å²) in [5.41, 5.74) is 1.79. The smallest absolute Gasteiger partial charge is 0.261 e. The van der Waals surface area contributed by atoms with Crippen molar-refractivity contribution < 1.29 is 4.52 Å². The minimum absolute atomic E-state index is 0.457. The van der Waals surface area contributed by atoms with Crippen molar-refractivity contribution in [3.05, 3.63) is 64.8 Å². The molecule has 0 aliphatic rings. The first kappa shape index (κ1) is 14.2. The van der Waals surface area contributed by atoms with Gasteiger partial charge in [0.25, 0.3) is 5.89 Å². The van der Waals surface area contributed by atoms with Crippen molar-refractivity contribution in [3.8, 4) is 22.2 Å². The van der Waals surface area contributed by atoms with Crippen LogP contribution in [0.1, 0.15) is 5.56 Å². The molecule has 1 aromatic carbocycles. The summed E-state index contributed by atoms with van der Waals surface area (Å²) < 4.78 is 7.13. The van der Waals surface area contributed by atoms with E-state index in [4.69, 9.17) is 16.1 Å². The van der Waals surface area contributed by atoms with Crippen LogP contribution in [0, 0.1) is 0 Å². The van der Waals surface area contributed by atoms with Gasteiger partial charge >= 0.3 is 0 Å². The average Bonchev–Trinajstić information content (AvgIpc) is 3.30. The zero-order valence-corrected chi connectivity index (χ0v) is 13.5. The second-order valence-electron chi connectivity index (χ2n) is 4.92. The van der Waals surface area contributed by atoms with Crippen molar-refractivity contribution in [2.75, 3.05) is 0 Å². The van der Waals surface area contributed by atoms with E-state index < -0.39 is 0 Å². The molecule has 4 aromatic rings. The van der Waals surface area contributed by atoms with Crippen molar-refractivity contribution in [3.63, 3.8) is 0 Å². The zero-order valence-electron chi connectivity index (χ0n) is 11.9. The predicted molar refractivity (Wildman–Crippen MR) is 89.4 cm³/mol. The quantitative estimate of drug-likeness (QED) is 0.552. The van der Waals surface area contributed by atoms with Gasteiger partial charge in [0.05, 0.1) is 23.2 Å². The molecule has 0 saturated carbocycles. The lowest BCUT2D eigenvalue weighted by Gasteiger charge is -2.03. The molecule has 0 unspecified atom stereocenters. The van der Waals surface area contributed by atoms with Gasteiger partial charge in [-0.05, 0) is 23.1 Å². The van der Waals surface area contributed by atoms with Crippen LogP contribution in [-0.2, 0) is 6.54 Å². The van der Waals surface area contributed by atoms with E-state index in [-0.39, 0.29) is 0 Å². The minimum atomic E-state index is 0.457. The van der Waals surface area contributed by atoms with E-state index in [1.54, 1.807) is 22.2 Å². The molecular formula is C16H11ClN4OS. The number of rotatable bonds is 4. The molecule has 23 heavy (non-hydrogen) atoms. The SMILES string of the molecule is Clc1ccccc1Cn1cc(-c2nc(-c3cccs3)no2)cn1. The van der Waals surface area contributed by atoms with Gasteiger partial charge in [-0.15, -0.1) is 11.3 Å². The molecule has 0 N–H and O–H groups in total. The lowest BCUT2D eigenvalue weighted by molar-refractivity contribution is 0.432. The molecule has 4 rings (SSSR count). The molecule has 0 radical (unpaired) electrons. The van der Waals surface area contributed by atoms with Crippen LogP contribution in [0.3, 0.4) is 0 Å².